The maximum Gasteiger partial charge on any atom is 0.415 e. The second-order valence-electron chi connectivity index (χ2n) is 4.03. The first-order chi connectivity index (χ1) is 7.07. The molecule has 0 aromatic heterocycles. The molecule has 1 N–H and O–H groups in total. The highest BCUT2D eigenvalue weighted by atomic mass is 16.6. The molecule has 0 bridgehead atoms. The van der Waals surface area contributed by atoms with Gasteiger partial charge in [0.25, 0.3) is 0 Å². The lowest BCUT2D eigenvalue weighted by Gasteiger charge is -2.42. The number of hydrogen-bond donors (Lipinski definition) is 1. The van der Waals surface area contributed by atoms with Gasteiger partial charge in [-0.2, -0.15) is 0 Å². The normalized spacial score (nSPS) is 18.1. The van der Waals surface area contributed by atoms with Crippen LogP contribution in [0.3, 0.4) is 0 Å². The molecule has 80 valence electrons. The van der Waals surface area contributed by atoms with Crippen LogP contribution in [0, 0.1) is 0 Å². The molecular formula is C11H13NO3. The average molecular weight is 207 g/mol. The second kappa shape index (κ2) is 3.55. The number of carbonyl (C=O) groups excluding carboxylic acids is 1. The Morgan fingerprint density at radius 1 is 1.40 bits per heavy atom. The molecule has 2 rings (SSSR count). The summed E-state index contributed by atoms with van der Waals surface area (Å²) in [5.74, 6) is 0.522. The molecule has 1 aromatic carbocycles. The van der Waals surface area contributed by atoms with Gasteiger partial charge in [0, 0.05) is 0 Å². The number of rotatable bonds is 1. The van der Waals surface area contributed by atoms with Crippen LogP contribution in [-0.2, 0) is 0 Å². The molecule has 1 amide bonds. The van der Waals surface area contributed by atoms with Crippen LogP contribution in [0.1, 0.15) is 6.92 Å². The molecule has 0 atom stereocenters. The fourth-order valence-electron chi connectivity index (χ4n) is 1.56. The summed E-state index contributed by atoms with van der Waals surface area (Å²) in [6, 6.07) is 8.89. The van der Waals surface area contributed by atoms with Crippen molar-refractivity contribution >= 4 is 6.09 Å². The lowest BCUT2D eigenvalue weighted by atomic mass is 9.98. The molecular weight excluding hydrogens is 194 g/mol. The van der Waals surface area contributed by atoms with Crippen LogP contribution in [0.15, 0.2) is 30.3 Å². The molecule has 1 aromatic rings. The number of hydrogen-bond acceptors (Lipinski definition) is 3. The molecule has 15 heavy (non-hydrogen) atoms. The Morgan fingerprint density at radius 2 is 2.00 bits per heavy atom. The van der Waals surface area contributed by atoms with Crippen LogP contribution in [0.25, 0.3) is 0 Å². The fourth-order valence-corrected chi connectivity index (χ4v) is 1.56. The monoisotopic (exact) mass is 207 g/mol. The minimum atomic E-state index is -0.754. The van der Waals surface area contributed by atoms with Gasteiger partial charge in [0.2, 0.25) is 0 Å². The molecule has 0 aliphatic carbocycles. The van der Waals surface area contributed by atoms with E-state index in [4.69, 9.17) is 4.74 Å². The topological polar surface area (TPSA) is 49.8 Å². The minimum absolute atomic E-state index is 0.332. The fraction of sp³-hybridized carbons (Fsp3) is 0.364. The smallest absolute Gasteiger partial charge is 0.410 e. The van der Waals surface area contributed by atoms with Crippen molar-refractivity contribution in [3.8, 4) is 5.75 Å². The number of amides is 1. The number of β-amino-alcohol motifs (C(OH)–C–C–N with tert-alkyl or cyclic N) is 1. The summed E-state index contributed by atoms with van der Waals surface area (Å²) in [5.41, 5.74) is -0.754. The van der Waals surface area contributed by atoms with Crippen molar-refractivity contribution in [3.63, 3.8) is 0 Å². The van der Waals surface area contributed by atoms with Gasteiger partial charge >= 0.3 is 6.09 Å². The van der Waals surface area contributed by atoms with Crippen molar-refractivity contribution in [2.45, 2.75) is 12.5 Å². The van der Waals surface area contributed by atoms with Crippen LogP contribution in [0.4, 0.5) is 4.79 Å². The zero-order chi connectivity index (χ0) is 10.9. The van der Waals surface area contributed by atoms with Gasteiger partial charge in [-0.05, 0) is 19.1 Å². The predicted octanol–water partition coefficient (Wildman–Crippen LogP) is 1.25. The summed E-state index contributed by atoms with van der Waals surface area (Å²) in [6.45, 7) is 2.36. The van der Waals surface area contributed by atoms with Crippen LogP contribution in [-0.4, -0.2) is 34.8 Å². The summed E-state index contributed by atoms with van der Waals surface area (Å²) in [7, 11) is 0. The number of benzene rings is 1. The van der Waals surface area contributed by atoms with Crippen molar-refractivity contribution in [1.29, 1.82) is 0 Å². The van der Waals surface area contributed by atoms with Crippen LogP contribution in [0.2, 0.25) is 0 Å². The number of nitrogens with zero attached hydrogens (tertiary/aromatic N) is 1. The summed E-state index contributed by atoms with van der Waals surface area (Å²) in [4.78, 5) is 12.9. The third-order valence-corrected chi connectivity index (χ3v) is 2.27. The molecule has 0 radical (unpaired) electrons. The van der Waals surface area contributed by atoms with Gasteiger partial charge < -0.3 is 14.7 Å². The van der Waals surface area contributed by atoms with E-state index in [1.54, 1.807) is 31.2 Å². The quantitative estimate of drug-likeness (QED) is 0.754. The van der Waals surface area contributed by atoms with E-state index in [0.717, 1.165) is 0 Å². The highest BCUT2D eigenvalue weighted by Gasteiger charge is 2.40. The van der Waals surface area contributed by atoms with E-state index in [1.165, 1.54) is 4.90 Å². The third kappa shape index (κ3) is 2.27. The second-order valence-corrected chi connectivity index (χ2v) is 4.03. The lowest BCUT2D eigenvalue weighted by Crippen LogP contribution is -2.62. The molecule has 1 aliphatic rings. The summed E-state index contributed by atoms with van der Waals surface area (Å²) < 4.78 is 5.09. The molecule has 1 fully saturated rings. The molecule has 0 spiro atoms. The largest absolute Gasteiger partial charge is 0.415 e. The number of likely N-dealkylation sites (tertiary alicyclic amines) is 1. The molecule has 4 heteroatoms. The van der Waals surface area contributed by atoms with Gasteiger partial charge in [-0.1, -0.05) is 18.2 Å². The Hall–Kier alpha value is -1.55. The first-order valence-electron chi connectivity index (χ1n) is 4.81. The van der Waals surface area contributed by atoms with E-state index in [0.29, 0.717) is 18.8 Å². The SMILES string of the molecule is CC1(O)CN(C(=O)Oc2ccccc2)C1. The summed E-state index contributed by atoms with van der Waals surface area (Å²) in [5, 5.41) is 9.45. The Bertz CT molecular complexity index is 353. The Balaban J connectivity index is 1.89. The van der Waals surface area contributed by atoms with E-state index >= 15 is 0 Å². The van der Waals surface area contributed by atoms with Gasteiger partial charge in [-0.3, -0.25) is 0 Å². The van der Waals surface area contributed by atoms with Crippen molar-refractivity contribution in [2.75, 3.05) is 13.1 Å². The first-order valence-corrected chi connectivity index (χ1v) is 4.81. The molecule has 0 saturated carbocycles. The van der Waals surface area contributed by atoms with Gasteiger partial charge in [0.1, 0.15) is 5.75 Å². The molecule has 1 heterocycles. The average Bonchev–Trinajstić information content (AvgIpc) is 2.15. The van der Waals surface area contributed by atoms with Gasteiger partial charge in [0.15, 0.2) is 0 Å². The summed E-state index contributed by atoms with van der Waals surface area (Å²) >= 11 is 0. The van der Waals surface area contributed by atoms with Gasteiger partial charge in [-0.15, -0.1) is 0 Å². The minimum Gasteiger partial charge on any atom is -0.410 e. The van der Waals surface area contributed by atoms with E-state index in [2.05, 4.69) is 0 Å². The first kappa shape index (κ1) is 9.98. The highest BCUT2D eigenvalue weighted by molar-refractivity contribution is 5.72. The van der Waals surface area contributed by atoms with Crippen LogP contribution in [0.5, 0.6) is 5.75 Å². The zero-order valence-electron chi connectivity index (χ0n) is 8.51. The van der Waals surface area contributed by atoms with E-state index in [9.17, 15) is 9.90 Å². The summed E-state index contributed by atoms with van der Waals surface area (Å²) in [6.07, 6.45) is -0.410. The maximum atomic E-state index is 11.5. The number of para-hydroxylation sites is 1. The molecule has 1 saturated heterocycles. The Labute approximate surface area is 88.1 Å². The Morgan fingerprint density at radius 3 is 2.53 bits per heavy atom. The van der Waals surface area contributed by atoms with E-state index in [1.807, 2.05) is 6.07 Å². The van der Waals surface area contributed by atoms with Crippen molar-refractivity contribution in [2.24, 2.45) is 0 Å². The zero-order valence-corrected chi connectivity index (χ0v) is 8.51. The maximum absolute atomic E-state index is 11.5. The van der Waals surface area contributed by atoms with Crippen LogP contribution >= 0.6 is 0 Å². The van der Waals surface area contributed by atoms with E-state index in [-0.39, 0.29) is 0 Å². The van der Waals surface area contributed by atoms with Crippen molar-refractivity contribution in [1.82, 2.24) is 4.90 Å². The van der Waals surface area contributed by atoms with E-state index < -0.39 is 11.7 Å². The third-order valence-electron chi connectivity index (χ3n) is 2.27. The molecule has 1 aliphatic heterocycles. The van der Waals surface area contributed by atoms with Gasteiger partial charge in [0.05, 0.1) is 18.7 Å². The standard InChI is InChI=1S/C11H13NO3/c1-11(14)7-12(8-11)10(13)15-9-5-3-2-4-6-9/h2-6,14H,7-8H2,1H3. The number of ether oxygens (including phenoxy) is 1. The van der Waals surface area contributed by atoms with Gasteiger partial charge in [-0.25, -0.2) is 4.79 Å². The number of carbonyl (C=O) groups is 1. The number of aliphatic hydroxyl groups is 1. The highest BCUT2D eigenvalue weighted by Crippen LogP contribution is 2.21. The van der Waals surface area contributed by atoms with Crippen molar-refractivity contribution < 1.29 is 14.6 Å². The lowest BCUT2D eigenvalue weighted by molar-refractivity contribution is -0.0683. The predicted molar refractivity (Wildman–Crippen MR) is 54.7 cm³/mol. The van der Waals surface area contributed by atoms with Crippen molar-refractivity contribution in [3.05, 3.63) is 30.3 Å². The molecule has 4 nitrogen and oxygen atoms in total. The molecule has 0 unspecified atom stereocenters. The Kier molecular flexibility index (Phi) is 2.36. The van der Waals surface area contributed by atoms with Crippen LogP contribution < -0.4 is 4.74 Å².